The summed E-state index contributed by atoms with van der Waals surface area (Å²) in [6, 6.07) is 17.4. The van der Waals surface area contributed by atoms with Crippen LogP contribution in [0.5, 0.6) is 0 Å². The van der Waals surface area contributed by atoms with E-state index >= 15 is 0 Å². The highest BCUT2D eigenvalue weighted by Gasteiger charge is 2.19. The first-order valence-electron chi connectivity index (χ1n) is 7.26. The first-order valence-corrected chi connectivity index (χ1v) is 8.07. The largest absolute Gasteiger partial charge is 0.306 e. The second-order valence-corrected chi connectivity index (χ2v) is 6.21. The molecule has 1 heterocycles. The summed E-state index contributed by atoms with van der Waals surface area (Å²) in [6.07, 6.45) is 1.02. The molecular formula is C18H18FNS. The molecule has 0 bridgehead atoms. The molecule has 3 aromatic rings. The van der Waals surface area contributed by atoms with Gasteiger partial charge in [-0.05, 0) is 36.6 Å². The molecule has 0 aliphatic rings. The van der Waals surface area contributed by atoms with Crippen molar-refractivity contribution in [2.45, 2.75) is 19.4 Å². The highest BCUT2D eigenvalue weighted by Crippen LogP contribution is 2.34. The summed E-state index contributed by atoms with van der Waals surface area (Å²) in [5, 5.41) is 4.69. The fourth-order valence-electron chi connectivity index (χ4n) is 2.51. The third kappa shape index (κ3) is 2.99. The van der Waals surface area contributed by atoms with E-state index in [0.717, 1.165) is 23.4 Å². The molecule has 1 aromatic heterocycles. The van der Waals surface area contributed by atoms with E-state index in [0.29, 0.717) is 0 Å². The summed E-state index contributed by atoms with van der Waals surface area (Å²) in [7, 11) is 0. The Morgan fingerprint density at radius 3 is 2.62 bits per heavy atom. The molecule has 0 saturated heterocycles. The Kier molecular flexibility index (Phi) is 4.32. The lowest BCUT2D eigenvalue weighted by Gasteiger charge is -2.18. The van der Waals surface area contributed by atoms with Gasteiger partial charge >= 0.3 is 0 Å². The van der Waals surface area contributed by atoms with Crippen LogP contribution < -0.4 is 5.32 Å². The molecule has 3 heteroatoms. The Morgan fingerprint density at radius 2 is 1.86 bits per heavy atom. The second-order valence-electron chi connectivity index (χ2n) is 5.10. The summed E-state index contributed by atoms with van der Waals surface area (Å²) in [5.74, 6) is -0.149. The monoisotopic (exact) mass is 299 g/mol. The number of hydrogen-bond donors (Lipinski definition) is 1. The van der Waals surface area contributed by atoms with Gasteiger partial charge in [-0.2, -0.15) is 0 Å². The van der Waals surface area contributed by atoms with Crippen molar-refractivity contribution in [2.24, 2.45) is 0 Å². The van der Waals surface area contributed by atoms with Crippen LogP contribution in [0.15, 0.2) is 54.6 Å². The van der Waals surface area contributed by atoms with Gasteiger partial charge in [-0.25, -0.2) is 4.39 Å². The zero-order valence-corrected chi connectivity index (χ0v) is 12.8. The number of benzene rings is 2. The van der Waals surface area contributed by atoms with Crippen LogP contribution in [-0.2, 0) is 0 Å². The molecular weight excluding hydrogens is 281 g/mol. The predicted octanol–water partition coefficient (Wildman–Crippen LogP) is 5.13. The lowest BCUT2D eigenvalue weighted by Crippen LogP contribution is -2.23. The number of fused-ring (bicyclic) bond motifs is 1. The minimum absolute atomic E-state index is 0.0800. The smallest absolute Gasteiger partial charge is 0.128 e. The molecule has 3 rings (SSSR count). The van der Waals surface area contributed by atoms with Gasteiger partial charge in [0.25, 0.3) is 0 Å². The SMILES string of the molecule is CCCNC(c1cc2ccccc2s1)c1ccccc1F. The van der Waals surface area contributed by atoms with Crippen molar-refractivity contribution in [2.75, 3.05) is 6.54 Å². The lowest BCUT2D eigenvalue weighted by molar-refractivity contribution is 0.551. The van der Waals surface area contributed by atoms with E-state index in [4.69, 9.17) is 0 Å². The van der Waals surface area contributed by atoms with Crippen molar-refractivity contribution in [1.82, 2.24) is 5.32 Å². The van der Waals surface area contributed by atoms with Crippen molar-refractivity contribution in [3.05, 3.63) is 70.9 Å². The molecule has 0 saturated carbocycles. The Morgan fingerprint density at radius 1 is 1.10 bits per heavy atom. The number of hydrogen-bond acceptors (Lipinski definition) is 2. The predicted molar refractivity (Wildman–Crippen MR) is 88.4 cm³/mol. The molecule has 0 fully saturated rings. The molecule has 108 valence electrons. The van der Waals surface area contributed by atoms with Crippen LogP contribution in [0.4, 0.5) is 4.39 Å². The Labute approximate surface area is 128 Å². The average Bonchev–Trinajstić information content (AvgIpc) is 2.93. The van der Waals surface area contributed by atoms with Crippen LogP contribution in [0, 0.1) is 5.82 Å². The first kappa shape index (κ1) is 14.2. The van der Waals surface area contributed by atoms with E-state index in [2.05, 4.69) is 30.4 Å². The number of nitrogens with one attached hydrogen (secondary N) is 1. The third-order valence-electron chi connectivity index (χ3n) is 3.54. The molecule has 0 aliphatic carbocycles. The van der Waals surface area contributed by atoms with Gasteiger partial charge in [0.2, 0.25) is 0 Å². The summed E-state index contributed by atoms with van der Waals surface area (Å²) < 4.78 is 15.4. The van der Waals surface area contributed by atoms with Crippen molar-refractivity contribution in [3.8, 4) is 0 Å². The minimum Gasteiger partial charge on any atom is -0.306 e. The van der Waals surface area contributed by atoms with E-state index in [1.165, 1.54) is 16.2 Å². The first-order chi connectivity index (χ1) is 10.3. The Bertz CT molecular complexity index is 702. The molecule has 0 aliphatic heterocycles. The maximum Gasteiger partial charge on any atom is 0.128 e. The maximum atomic E-state index is 14.2. The van der Waals surface area contributed by atoms with Crippen molar-refractivity contribution in [1.29, 1.82) is 0 Å². The summed E-state index contributed by atoms with van der Waals surface area (Å²) in [6.45, 7) is 2.99. The van der Waals surface area contributed by atoms with Gasteiger partial charge in [0.15, 0.2) is 0 Å². The molecule has 1 unspecified atom stereocenters. The van der Waals surface area contributed by atoms with E-state index in [9.17, 15) is 4.39 Å². The number of thiophene rings is 1. The van der Waals surface area contributed by atoms with Gasteiger partial charge in [0, 0.05) is 15.1 Å². The van der Waals surface area contributed by atoms with Crippen LogP contribution in [0.3, 0.4) is 0 Å². The van der Waals surface area contributed by atoms with Gasteiger partial charge in [0.1, 0.15) is 5.82 Å². The van der Waals surface area contributed by atoms with Crippen LogP contribution >= 0.6 is 11.3 Å². The average molecular weight is 299 g/mol. The minimum atomic E-state index is -0.149. The van der Waals surface area contributed by atoms with Crippen LogP contribution in [0.1, 0.15) is 29.8 Å². The maximum absolute atomic E-state index is 14.2. The standard InChI is InChI=1S/C18H18FNS/c1-2-11-20-18(14-8-4-5-9-15(14)19)17-12-13-7-3-6-10-16(13)21-17/h3-10,12,18,20H,2,11H2,1H3. The molecule has 0 amide bonds. The fourth-order valence-corrected chi connectivity index (χ4v) is 3.67. The molecule has 0 spiro atoms. The molecule has 2 aromatic carbocycles. The second kappa shape index (κ2) is 6.37. The number of halogens is 1. The van der Waals surface area contributed by atoms with Gasteiger partial charge in [0.05, 0.1) is 6.04 Å². The normalized spacial score (nSPS) is 12.7. The lowest BCUT2D eigenvalue weighted by atomic mass is 10.0. The molecule has 1 N–H and O–H groups in total. The van der Waals surface area contributed by atoms with Gasteiger partial charge in [-0.15, -0.1) is 11.3 Å². The zero-order valence-electron chi connectivity index (χ0n) is 12.0. The summed E-state index contributed by atoms with van der Waals surface area (Å²) >= 11 is 1.73. The zero-order chi connectivity index (χ0) is 14.7. The molecule has 21 heavy (non-hydrogen) atoms. The highest BCUT2D eigenvalue weighted by molar-refractivity contribution is 7.19. The molecule has 1 atom stereocenters. The van der Waals surface area contributed by atoms with Crippen LogP contribution in [0.25, 0.3) is 10.1 Å². The molecule has 0 radical (unpaired) electrons. The third-order valence-corrected chi connectivity index (χ3v) is 4.72. The quantitative estimate of drug-likeness (QED) is 0.688. The van der Waals surface area contributed by atoms with E-state index < -0.39 is 0 Å². The van der Waals surface area contributed by atoms with E-state index in [1.54, 1.807) is 17.4 Å². The van der Waals surface area contributed by atoms with Crippen molar-refractivity contribution >= 4 is 21.4 Å². The van der Waals surface area contributed by atoms with Crippen LogP contribution in [-0.4, -0.2) is 6.54 Å². The molecule has 1 nitrogen and oxygen atoms in total. The summed E-state index contributed by atoms with van der Waals surface area (Å²) in [5.41, 5.74) is 0.720. The number of rotatable bonds is 5. The highest BCUT2D eigenvalue weighted by atomic mass is 32.1. The van der Waals surface area contributed by atoms with Gasteiger partial charge < -0.3 is 5.32 Å². The van der Waals surface area contributed by atoms with Gasteiger partial charge in [-0.3, -0.25) is 0 Å². The van der Waals surface area contributed by atoms with Gasteiger partial charge in [-0.1, -0.05) is 43.3 Å². The Hall–Kier alpha value is -1.71. The van der Waals surface area contributed by atoms with E-state index in [1.807, 2.05) is 24.3 Å². The Balaban J connectivity index is 2.04. The fraction of sp³-hybridized carbons (Fsp3) is 0.222. The topological polar surface area (TPSA) is 12.0 Å². The summed E-state index contributed by atoms with van der Waals surface area (Å²) in [4.78, 5) is 1.16. The van der Waals surface area contributed by atoms with Crippen molar-refractivity contribution in [3.63, 3.8) is 0 Å². The van der Waals surface area contributed by atoms with Crippen LogP contribution in [0.2, 0.25) is 0 Å². The van der Waals surface area contributed by atoms with E-state index in [-0.39, 0.29) is 11.9 Å². The van der Waals surface area contributed by atoms with Crippen molar-refractivity contribution < 1.29 is 4.39 Å².